The van der Waals surface area contributed by atoms with Crippen molar-refractivity contribution >= 4 is 5.96 Å². The number of hydrogen-bond acceptors (Lipinski definition) is 1. The van der Waals surface area contributed by atoms with Gasteiger partial charge in [-0.2, -0.15) is 0 Å². The van der Waals surface area contributed by atoms with E-state index >= 15 is 0 Å². The molecule has 0 bridgehead atoms. The van der Waals surface area contributed by atoms with Gasteiger partial charge in [0, 0.05) is 34.7 Å². The van der Waals surface area contributed by atoms with Gasteiger partial charge in [0.25, 0.3) is 0 Å². The molecule has 1 fully saturated rings. The zero-order chi connectivity index (χ0) is 13.1. The second kappa shape index (κ2) is 5.74. The standard InChI is InChI=1S/C14H29N3/c1-14(2)9-7-12(8-10-14)11-15-13(16(3)4)17(5)6/h12H,7-11H2,1-6H3. The van der Waals surface area contributed by atoms with Crippen LogP contribution in [0.1, 0.15) is 39.5 Å². The minimum atomic E-state index is 0.562. The van der Waals surface area contributed by atoms with Gasteiger partial charge in [0.15, 0.2) is 5.96 Å². The van der Waals surface area contributed by atoms with Crippen LogP contribution in [0, 0.1) is 11.3 Å². The maximum atomic E-state index is 4.76. The molecular weight excluding hydrogens is 210 g/mol. The summed E-state index contributed by atoms with van der Waals surface area (Å²) in [6.07, 6.45) is 5.38. The number of nitrogens with zero attached hydrogens (tertiary/aromatic N) is 3. The Kier molecular flexibility index (Phi) is 4.84. The highest BCUT2D eigenvalue weighted by atomic mass is 15.3. The van der Waals surface area contributed by atoms with Gasteiger partial charge in [-0.05, 0) is 37.0 Å². The van der Waals surface area contributed by atoms with Crippen LogP contribution >= 0.6 is 0 Å². The van der Waals surface area contributed by atoms with Crippen LogP contribution in [-0.2, 0) is 0 Å². The quantitative estimate of drug-likeness (QED) is 0.545. The average Bonchev–Trinajstić information content (AvgIpc) is 2.19. The fourth-order valence-electron chi connectivity index (χ4n) is 2.54. The van der Waals surface area contributed by atoms with Crippen molar-refractivity contribution in [3.63, 3.8) is 0 Å². The predicted octanol–water partition coefficient (Wildman–Crippen LogP) is 2.68. The molecule has 0 unspecified atom stereocenters. The molecular formula is C14H29N3. The number of hydrogen-bond donors (Lipinski definition) is 0. The normalized spacial score (nSPS) is 19.9. The van der Waals surface area contributed by atoms with Gasteiger partial charge < -0.3 is 9.80 Å². The smallest absolute Gasteiger partial charge is 0.195 e. The van der Waals surface area contributed by atoms with Crippen LogP contribution in [-0.4, -0.2) is 50.5 Å². The van der Waals surface area contributed by atoms with Crippen molar-refractivity contribution < 1.29 is 0 Å². The summed E-state index contributed by atoms with van der Waals surface area (Å²) in [4.78, 5) is 8.94. The molecule has 0 aromatic heterocycles. The Morgan fingerprint density at radius 2 is 1.53 bits per heavy atom. The van der Waals surface area contributed by atoms with E-state index in [0.29, 0.717) is 5.41 Å². The van der Waals surface area contributed by atoms with Crippen LogP contribution in [0.25, 0.3) is 0 Å². The third kappa shape index (κ3) is 4.57. The highest BCUT2D eigenvalue weighted by Gasteiger charge is 2.26. The van der Waals surface area contributed by atoms with E-state index in [4.69, 9.17) is 4.99 Å². The molecule has 0 N–H and O–H groups in total. The van der Waals surface area contributed by atoms with Crippen LogP contribution in [0.15, 0.2) is 4.99 Å². The molecule has 0 aliphatic heterocycles. The SMILES string of the molecule is CN(C)C(=NCC1CCC(C)(C)CC1)N(C)C. The molecule has 0 aromatic rings. The Labute approximate surface area is 107 Å². The van der Waals surface area contributed by atoms with Crippen molar-refractivity contribution in [3.8, 4) is 0 Å². The number of rotatable bonds is 2. The Balaban J connectivity index is 2.47. The molecule has 0 heterocycles. The molecule has 17 heavy (non-hydrogen) atoms. The summed E-state index contributed by atoms with van der Waals surface area (Å²) in [6, 6.07) is 0. The van der Waals surface area contributed by atoms with E-state index < -0.39 is 0 Å². The minimum absolute atomic E-state index is 0.562. The molecule has 1 aliphatic rings. The van der Waals surface area contributed by atoms with Gasteiger partial charge in [-0.25, -0.2) is 0 Å². The van der Waals surface area contributed by atoms with Crippen molar-refractivity contribution in [1.29, 1.82) is 0 Å². The number of guanidine groups is 1. The maximum absolute atomic E-state index is 4.76. The summed E-state index contributed by atoms with van der Waals surface area (Å²) in [5, 5.41) is 0. The largest absolute Gasteiger partial charge is 0.349 e. The van der Waals surface area contributed by atoms with Crippen molar-refractivity contribution in [3.05, 3.63) is 0 Å². The first-order valence-corrected chi connectivity index (χ1v) is 6.71. The van der Waals surface area contributed by atoms with Gasteiger partial charge in [-0.1, -0.05) is 13.8 Å². The highest BCUT2D eigenvalue weighted by Crippen LogP contribution is 2.37. The molecule has 1 rings (SSSR count). The van der Waals surface area contributed by atoms with Crippen molar-refractivity contribution in [2.75, 3.05) is 34.7 Å². The maximum Gasteiger partial charge on any atom is 0.195 e. The molecule has 0 atom stereocenters. The van der Waals surface area contributed by atoms with E-state index in [1.54, 1.807) is 0 Å². The Hall–Kier alpha value is -0.730. The Morgan fingerprint density at radius 1 is 1.06 bits per heavy atom. The van der Waals surface area contributed by atoms with E-state index in [9.17, 15) is 0 Å². The van der Waals surface area contributed by atoms with Crippen LogP contribution in [0.4, 0.5) is 0 Å². The molecule has 1 aliphatic carbocycles. The van der Waals surface area contributed by atoms with Crippen molar-refractivity contribution in [1.82, 2.24) is 9.80 Å². The van der Waals surface area contributed by atoms with E-state index in [1.165, 1.54) is 25.7 Å². The summed E-state index contributed by atoms with van der Waals surface area (Å²) >= 11 is 0. The molecule has 3 nitrogen and oxygen atoms in total. The van der Waals surface area contributed by atoms with Gasteiger partial charge in [-0.3, -0.25) is 4.99 Å². The molecule has 0 aromatic carbocycles. The van der Waals surface area contributed by atoms with Crippen LogP contribution in [0.5, 0.6) is 0 Å². The second-order valence-electron chi connectivity index (χ2n) is 6.54. The number of aliphatic imine (C=N–C) groups is 1. The predicted molar refractivity (Wildman–Crippen MR) is 75.4 cm³/mol. The summed E-state index contributed by atoms with van der Waals surface area (Å²) in [7, 11) is 8.23. The van der Waals surface area contributed by atoms with E-state index in [1.807, 2.05) is 0 Å². The van der Waals surface area contributed by atoms with Crippen LogP contribution < -0.4 is 0 Å². The van der Waals surface area contributed by atoms with Crippen LogP contribution in [0.2, 0.25) is 0 Å². The summed E-state index contributed by atoms with van der Waals surface area (Å²) in [6.45, 7) is 5.76. The fraction of sp³-hybridized carbons (Fsp3) is 0.929. The first kappa shape index (κ1) is 14.3. The van der Waals surface area contributed by atoms with Gasteiger partial charge in [0.2, 0.25) is 0 Å². The molecule has 0 radical (unpaired) electrons. The highest BCUT2D eigenvalue weighted by molar-refractivity contribution is 5.79. The monoisotopic (exact) mass is 239 g/mol. The molecule has 0 spiro atoms. The second-order valence-corrected chi connectivity index (χ2v) is 6.54. The van der Waals surface area contributed by atoms with E-state index in [2.05, 4.69) is 51.8 Å². The first-order valence-electron chi connectivity index (χ1n) is 6.71. The van der Waals surface area contributed by atoms with Crippen molar-refractivity contribution in [2.24, 2.45) is 16.3 Å². The molecule has 0 saturated heterocycles. The van der Waals surface area contributed by atoms with Gasteiger partial charge >= 0.3 is 0 Å². The molecule has 1 saturated carbocycles. The van der Waals surface area contributed by atoms with Crippen molar-refractivity contribution in [2.45, 2.75) is 39.5 Å². The Morgan fingerprint density at radius 3 is 1.94 bits per heavy atom. The minimum Gasteiger partial charge on any atom is -0.349 e. The lowest BCUT2D eigenvalue weighted by Gasteiger charge is -2.34. The van der Waals surface area contributed by atoms with E-state index in [0.717, 1.165) is 18.4 Å². The van der Waals surface area contributed by atoms with Crippen LogP contribution in [0.3, 0.4) is 0 Å². The summed E-state index contributed by atoms with van der Waals surface area (Å²) in [5.41, 5.74) is 0.562. The third-order valence-electron chi connectivity index (χ3n) is 3.75. The van der Waals surface area contributed by atoms with Gasteiger partial charge in [-0.15, -0.1) is 0 Å². The van der Waals surface area contributed by atoms with Gasteiger partial charge in [0.05, 0.1) is 0 Å². The lowest BCUT2D eigenvalue weighted by atomic mass is 9.73. The fourth-order valence-corrected chi connectivity index (χ4v) is 2.54. The zero-order valence-corrected chi connectivity index (χ0v) is 12.5. The third-order valence-corrected chi connectivity index (χ3v) is 3.75. The Bertz CT molecular complexity index is 247. The molecule has 100 valence electrons. The molecule has 3 heteroatoms. The van der Waals surface area contributed by atoms with E-state index in [-0.39, 0.29) is 0 Å². The summed E-state index contributed by atoms with van der Waals surface area (Å²) < 4.78 is 0. The summed E-state index contributed by atoms with van der Waals surface area (Å²) in [5.74, 6) is 1.87. The van der Waals surface area contributed by atoms with Gasteiger partial charge in [0.1, 0.15) is 0 Å². The molecule has 0 amide bonds. The topological polar surface area (TPSA) is 18.8 Å². The lowest BCUT2D eigenvalue weighted by Crippen LogP contribution is -2.36. The first-order chi connectivity index (χ1) is 7.82. The lowest BCUT2D eigenvalue weighted by molar-refractivity contribution is 0.195. The zero-order valence-electron chi connectivity index (χ0n) is 12.5. The average molecular weight is 239 g/mol.